The molecule has 4 rings (SSSR count). The van der Waals surface area contributed by atoms with Crippen molar-refractivity contribution in [3.05, 3.63) is 52.6 Å². The second-order valence-corrected chi connectivity index (χ2v) is 8.98. The molecule has 2 aromatic rings. The molecule has 0 spiro atoms. The number of hydrogen-bond acceptors (Lipinski definition) is 5. The van der Waals surface area contributed by atoms with E-state index in [0.29, 0.717) is 13.2 Å². The summed E-state index contributed by atoms with van der Waals surface area (Å²) in [7, 11) is 0. The van der Waals surface area contributed by atoms with Gasteiger partial charge in [0.25, 0.3) is 0 Å². The summed E-state index contributed by atoms with van der Waals surface area (Å²) < 4.78 is 11.6. The minimum Gasteiger partial charge on any atom is -0.490 e. The molecule has 2 amide bonds. The Kier molecular flexibility index (Phi) is 7.18. The summed E-state index contributed by atoms with van der Waals surface area (Å²) in [5.74, 6) is 1.19. The van der Waals surface area contributed by atoms with Gasteiger partial charge in [-0.1, -0.05) is 23.8 Å². The number of ether oxygens (including phenoxy) is 2. The van der Waals surface area contributed by atoms with Gasteiger partial charge in [0.1, 0.15) is 0 Å². The van der Waals surface area contributed by atoms with E-state index in [2.05, 4.69) is 21.6 Å². The molecule has 1 unspecified atom stereocenters. The standard InChI is InChI=1S/C26H33N3O4/c1-17-12-18(2)26(19(3)13-17)28-24(30)15-27-25(31)16-29-9-4-6-21(29)20-7-8-22-23(14-20)33-11-5-10-32-22/h7-8,12-14,21H,4-6,9-11,15-16H2,1-3H3,(H,27,31)(H,28,30). The van der Waals surface area contributed by atoms with Gasteiger partial charge in [-0.15, -0.1) is 0 Å². The van der Waals surface area contributed by atoms with E-state index in [0.717, 1.165) is 65.2 Å². The highest BCUT2D eigenvalue weighted by Gasteiger charge is 2.28. The summed E-state index contributed by atoms with van der Waals surface area (Å²) in [5.41, 5.74) is 5.14. The van der Waals surface area contributed by atoms with Gasteiger partial charge in [-0.25, -0.2) is 0 Å². The van der Waals surface area contributed by atoms with E-state index in [1.807, 2.05) is 45.0 Å². The minimum atomic E-state index is -0.223. The molecular formula is C26H33N3O4. The number of fused-ring (bicyclic) bond motifs is 1. The highest BCUT2D eigenvalue weighted by atomic mass is 16.5. The van der Waals surface area contributed by atoms with E-state index in [1.165, 1.54) is 0 Å². The Bertz CT molecular complexity index is 1010. The number of rotatable bonds is 6. The molecule has 1 saturated heterocycles. The molecule has 176 valence electrons. The van der Waals surface area contributed by atoms with Crippen molar-refractivity contribution in [1.29, 1.82) is 0 Å². The van der Waals surface area contributed by atoms with Crippen LogP contribution in [-0.2, 0) is 9.59 Å². The van der Waals surface area contributed by atoms with Gasteiger partial charge in [-0.05, 0) is 69.0 Å². The molecule has 33 heavy (non-hydrogen) atoms. The zero-order valence-corrected chi connectivity index (χ0v) is 19.7. The first-order valence-corrected chi connectivity index (χ1v) is 11.7. The van der Waals surface area contributed by atoms with Crippen LogP contribution in [0.25, 0.3) is 0 Å². The molecule has 2 N–H and O–H groups in total. The Balaban J connectivity index is 1.32. The topological polar surface area (TPSA) is 79.9 Å². The molecule has 1 fully saturated rings. The van der Waals surface area contributed by atoms with Crippen LogP contribution in [0.1, 0.15) is 47.6 Å². The van der Waals surface area contributed by atoms with Crippen molar-refractivity contribution in [3.63, 3.8) is 0 Å². The fourth-order valence-electron chi connectivity index (χ4n) is 4.76. The summed E-state index contributed by atoms with van der Waals surface area (Å²) >= 11 is 0. The Morgan fingerprint density at radius 2 is 1.70 bits per heavy atom. The number of nitrogens with one attached hydrogen (secondary N) is 2. The van der Waals surface area contributed by atoms with Crippen LogP contribution in [0.4, 0.5) is 5.69 Å². The van der Waals surface area contributed by atoms with Crippen molar-refractivity contribution in [2.75, 3.05) is 38.2 Å². The molecule has 2 aliphatic rings. The number of hydrogen-bond donors (Lipinski definition) is 2. The quantitative estimate of drug-likeness (QED) is 0.701. The number of amides is 2. The molecule has 7 nitrogen and oxygen atoms in total. The highest BCUT2D eigenvalue weighted by Crippen LogP contribution is 2.37. The van der Waals surface area contributed by atoms with Gasteiger partial charge in [0.05, 0.1) is 26.3 Å². The Morgan fingerprint density at radius 1 is 0.970 bits per heavy atom. The van der Waals surface area contributed by atoms with E-state index in [9.17, 15) is 9.59 Å². The summed E-state index contributed by atoms with van der Waals surface area (Å²) in [4.78, 5) is 27.2. The number of nitrogens with zero attached hydrogens (tertiary/aromatic N) is 1. The number of carbonyl (C=O) groups excluding carboxylic acids is 2. The van der Waals surface area contributed by atoms with Crippen molar-refractivity contribution >= 4 is 17.5 Å². The number of benzene rings is 2. The van der Waals surface area contributed by atoms with Gasteiger partial charge in [0.2, 0.25) is 11.8 Å². The van der Waals surface area contributed by atoms with Crippen LogP contribution in [0.3, 0.4) is 0 Å². The molecule has 0 bridgehead atoms. The highest BCUT2D eigenvalue weighted by molar-refractivity contribution is 5.96. The van der Waals surface area contributed by atoms with Crippen LogP contribution in [-0.4, -0.2) is 49.6 Å². The maximum absolute atomic E-state index is 12.6. The lowest BCUT2D eigenvalue weighted by molar-refractivity contribution is -0.125. The van der Waals surface area contributed by atoms with Crippen LogP contribution in [0.15, 0.2) is 30.3 Å². The molecule has 2 heterocycles. The first-order valence-electron chi connectivity index (χ1n) is 11.7. The number of aryl methyl sites for hydroxylation is 3. The molecule has 0 aromatic heterocycles. The average molecular weight is 452 g/mol. The largest absolute Gasteiger partial charge is 0.490 e. The maximum Gasteiger partial charge on any atom is 0.243 e. The molecule has 0 saturated carbocycles. The molecule has 0 radical (unpaired) electrons. The Morgan fingerprint density at radius 3 is 2.45 bits per heavy atom. The van der Waals surface area contributed by atoms with E-state index in [1.54, 1.807) is 0 Å². The Labute approximate surface area is 195 Å². The van der Waals surface area contributed by atoms with Crippen molar-refractivity contribution in [2.45, 2.75) is 46.1 Å². The van der Waals surface area contributed by atoms with Gasteiger partial charge in [-0.3, -0.25) is 14.5 Å². The summed E-state index contributed by atoms with van der Waals surface area (Å²) in [6.45, 7) is 8.35. The predicted molar refractivity (Wildman–Crippen MR) is 128 cm³/mol. The number of likely N-dealkylation sites (tertiary alicyclic amines) is 1. The SMILES string of the molecule is Cc1cc(C)c(NC(=O)CNC(=O)CN2CCCC2c2ccc3c(c2)OCCCO3)c(C)c1. The van der Waals surface area contributed by atoms with Crippen LogP contribution in [0, 0.1) is 20.8 Å². The van der Waals surface area contributed by atoms with Gasteiger partial charge < -0.3 is 20.1 Å². The van der Waals surface area contributed by atoms with Crippen molar-refractivity contribution in [1.82, 2.24) is 10.2 Å². The third kappa shape index (κ3) is 5.66. The number of carbonyl (C=O) groups is 2. The first-order chi connectivity index (χ1) is 15.9. The van der Waals surface area contributed by atoms with Crippen molar-refractivity contribution in [3.8, 4) is 11.5 Å². The number of anilines is 1. The lowest BCUT2D eigenvalue weighted by atomic mass is 10.0. The van der Waals surface area contributed by atoms with Crippen LogP contribution >= 0.6 is 0 Å². The molecule has 7 heteroatoms. The summed E-state index contributed by atoms with van der Waals surface area (Å²) in [6.07, 6.45) is 2.88. The van der Waals surface area contributed by atoms with Crippen LogP contribution < -0.4 is 20.1 Å². The second-order valence-electron chi connectivity index (χ2n) is 8.98. The fourth-order valence-corrected chi connectivity index (χ4v) is 4.76. The zero-order valence-electron chi connectivity index (χ0n) is 19.7. The first kappa shape index (κ1) is 23.1. The van der Waals surface area contributed by atoms with Crippen LogP contribution in [0.2, 0.25) is 0 Å². The minimum absolute atomic E-state index is 0.0475. The van der Waals surface area contributed by atoms with Gasteiger partial charge in [0.15, 0.2) is 11.5 Å². The van der Waals surface area contributed by atoms with Gasteiger partial charge in [0, 0.05) is 18.2 Å². The molecular weight excluding hydrogens is 418 g/mol. The second kappa shape index (κ2) is 10.3. The molecule has 1 atom stereocenters. The summed E-state index contributed by atoms with van der Waals surface area (Å²) in [5, 5.41) is 5.70. The van der Waals surface area contributed by atoms with Gasteiger partial charge >= 0.3 is 0 Å². The third-order valence-corrected chi connectivity index (χ3v) is 6.25. The molecule has 0 aliphatic carbocycles. The predicted octanol–water partition coefficient (Wildman–Crippen LogP) is 3.66. The van der Waals surface area contributed by atoms with E-state index in [-0.39, 0.29) is 30.9 Å². The third-order valence-electron chi connectivity index (χ3n) is 6.25. The van der Waals surface area contributed by atoms with Crippen LogP contribution in [0.5, 0.6) is 11.5 Å². The monoisotopic (exact) mass is 451 g/mol. The van der Waals surface area contributed by atoms with Crippen molar-refractivity contribution in [2.24, 2.45) is 0 Å². The van der Waals surface area contributed by atoms with E-state index in [4.69, 9.17) is 9.47 Å². The average Bonchev–Trinajstić information content (AvgIpc) is 3.10. The molecule has 2 aliphatic heterocycles. The molecule has 2 aromatic carbocycles. The van der Waals surface area contributed by atoms with Crippen molar-refractivity contribution < 1.29 is 19.1 Å². The lowest BCUT2D eigenvalue weighted by Gasteiger charge is -2.25. The lowest BCUT2D eigenvalue weighted by Crippen LogP contribution is -2.40. The Hall–Kier alpha value is -3.06. The maximum atomic E-state index is 12.6. The smallest absolute Gasteiger partial charge is 0.243 e. The zero-order chi connectivity index (χ0) is 23.4. The van der Waals surface area contributed by atoms with E-state index < -0.39 is 0 Å². The normalized spacial score (nSPS) is 18.0. The van der Waals surface area contributed by atoms with Gasteiger partial charge in [-0.2, -0.15) is 0 Å². The fraction of sp³-hybridized carbons (Fsp3) is 0.462. The van der Waals surface area contributed by atoms with E-state index >= 15 is 0 Å². The summed E-state index contributed by atoms with van der Waals surface area (Å²) in [6, 6.07) is 10.3.